The van der Waals surface area contributed by atoms with Crippen molar-refractivity contribution in [2.45, 2.75) is 18.2 Å². The molecule has 0 amide bonds. The number of para-hydroxylation sites is 1. The van der Waals surface area contributed by atoms with Crippen LogP contribution in [-0.2, 0) is 16.4 Å². The van der Waals surface area contributed by atoms with Crippen LogP contribution in [0.25, 0.3) is 0 Å². The normalized spacial score (nSPS) is 12.0. The molecule has 27 heavy (non-hydrogen) atoms. The molecule has 0 aliphatic rings. The standard InChI is InChI=1S/C22H22N2O2S/c1-18-13-15-21(16-14-18)27(25,26)23-22(17-19-9-5-3-6-10-19)24(2)20-11-7-4-8-12-20/h3-16H,17H2,1-2H3. The average Bonchev–Trinajstić information content (AvgIpc) is 2.68. The average molecular weight is 378 g/mol. The zero-order valence-electron chi connectivity index (χ0n) is 15.4. The lowest BCUT2D eigenvalue weighted by molar-refractivity contribution is 0.598. The van der Waals surface area contributed by atoms with E-state index in [9.17, 15) is 8.42 Å². The van der Waals surface area contributed by atoms with Gasteiger partial charge in [0.15, 0.2) is 0 Å². The molecule has 0 saturated carbocycles. The number of nitrogens with zero attached hydrogens (tertiary/aromatic N) is 2. The van der Waals surface area contributed by atoms with Crippen LogP contribution in [0.3, 0.4) is 0 Å². The van der Waals surface area contributed by atoms with Gasteiger partial charge in [-0.2, -0.15) is 8.42 Å². The van der Waals surface area contributed by atoms with Crippen molar-refractivity contribution in [1.82, 2.24) is 0 Å². The Morgan fingerprint density at radius 2 is 1.41 bits per heavy atom. The van der Waals surface area contributed by atoms with Crippen LogP contribution in [-0.4, -0.2) is 21.3 Å². The van der Waals surface area contributed by atoms with Crippen LogP contribution >= 0.6 is 0 Å². The van der Waals surface area contributed by atoms with Gasteiger partial charge < -0.3 is 4.90 Å². The molecule has 0 fully saturated rings. The fraction of sp³-hybridized carbons (Fsp3) is 0.136. The van der Waals surface area contributed by atoms with Crippen molar-refractivity contribution in [3.63, 3.8) is 0 Å². The summed E-state index contributed by atoms with van der Waals surface area (Å²) in [6.07, 6.45) is 0.414. The summed E-state index contributed by atoms with van der Waals surface area (Å²) in [5.41, 5.74) is 2.88. The molecule has 3 aromatic carbocycles. The van der Waals surface area contributed by atoms with Gasteiger partial charge in [-0.1, -0.05) is 66.2 Å². The second-order valence-corrected chi connectivity index (χ2v) is 7.96. The van der Waals surface area contributed by atoms with E-state index in [-0.39, 0.29) is 4.90 Å². The number of likely N-dealkylation sites (N-methyl/N-ethyl adjacent to an activating group) is 1. The van der Waals surface area contributed by atoms with Crippen LogP contribution in [0.15, 0.2) is 94.2 Å². The van der Waals surface area contributed by atoms with Gasteiger partial charge in [-0.05, 0) is 36.8 Å². The van der Waals surface area contributed by atoms with Gasteiger partial charge >= 0.3 is 0 Å². The number of anilines is 1. The van der Waals surface area contributed by atoms with E-state index >= 15 is 0 Å². The lowest BCUT2D eigenvalue weighted by Crippen LogP contribution is -2.29. The van der Waals surface area contributed by atoms with Gasteiger partial charge in [0.25, 0.3) is 10.0 Å². The van der Waals surface area contributed by atoms with E-state index in [4.69, 9.17) is 0 Å². The first-order valence-corrected chi connectivity index (χ1v) is 10.1. The van der Waals surface area contributed by atoms with E-state index in [1.165, 1.54) is 0 Å². The SMILES string of the molecule is Cc1ccc(S(=O)(=O)N=C(Cc2ccccc2)N(C)c2ccccc2)cc1. The third kappa shape index (κ3) is 4.83. The minimum atomic E-state index is -3.80. The van der Waals surface area contributed by atoms with Crippen LogP contribution < -0.4 is 4.90 Å². The Bertz CT molecular complexity index is 1010. The molecule has 0 N–H and O–H groups in total. The largest absolute Gasteiger partial charge is 0.332 e. The Kier molecular flexibility index (Phi) is 5.72. The maximum atomic E-state index is 12.9. The fourth-order valence-electron chi connectivity index (χ4n) is 2.69. The Morgan fingerprint density at radius 3 is 2.00 bits per heavy atom. The molecule has 0 aromatic heterocycles. The van der Waals surface area contributed by atoms with Crippen LogP contribution in [0.1, 0.15) is 11.1 Å². The molecule has 3 aromatic rings. The van der Waals surface area contributed by atoms with E-state index in [1.54, 1.807) is 24.3 Å². The van der Waals surface area contributed by atoms with E-state index in [0.717, 1.165) is 16.8 Å². The van der Waals surface area contributed by atoms with Crippen molar-refractivity contribution in [1.29, 1.82) is 0 Å². The topological polar surface area (TPSA) is 49.7 Å². The number of hydrogen-bond donors (Lipinski definition) is 0. The number of sulfonamides is 1. The summed E-state index contributed by atoms with van der Waals surface area (Å²) in [6, 6.07) is 26.1. The highest BCUT2D eigenvalue weighted by atomic mass is 32.2. The van der Waals surface area contributed by atoms with Crippen molar-refractivity contribution in [2.24, 2.45) is 4.40 Å². The van der Waals surface area contributed by atoms with Crippen molar-refractivity contribution < 1.29 is 8.42 Å². The lowest BCUT2D eigenvalue weighted by Gasteiger charge is -2.21. The first-order valence-electron chi connectivity index (χ1n) is 8.69. The molecule has 0 aliphatic heterocycles. The van der Waals surface area contributed by atoms with Crippen molar-refractivity contribution in [2.75, 3.05) is 11.9 Å². The maximum Gasteiger partial charge on any atom is 0.283 e. The third-order valence-electron chi connectivity index (χ3n) is 4.28. The smallest absolute Gasteiger partial charge is 0.283 e. The highest BCUT2D eigenvalue weighted by molar-refractivity contribution is 7.90. The third-order valence-corrected chi connectivity index (χ3v) is 5.60. The second kappa shape index (κ2) is 8.18. The van der Waals surface area contributed by atoms with Gasteiger partial charge in [0.1, 0.15) is 5.84 Å². The molecule has 5 heteroatoms. The Hall–Kier alpha value is -2.92. The minimum Gasteiger partial charge on any atom is -0.332 e. The van der Waals surface area contributed by atoms with Crippen LogP contribution in [0, 0.1) is 6.92 Å². The molecular formula is C22H22N2O2S. The molecule has 138 valence electrons. The summed E-state index contributed by atoms with van der Waals surface area (Å²) >= 11 is 0. The molecule has 0 aliphatic carbocycles. The highest BCUT2D eigenvalue weighted by Gasteiger charge is 2.18. The predicted octanol–water partition coefficient (Wildman–Crippen LogP) is 4.46. The second-order valence-electron chi connectivity index (χ2n) is 6.35. The van der Waals surface area contributed by atoms with Crippen molar-refractivity contribution in [3.05, 3.63) is 96.1 Å². The molecule has 0 heterocycles. The molecule has 0 unspecified atom stereocenters. The molecule has 0 radical (unpaired) electrons. The molecule has 0 bridgehead atoms. The maximum absolute atomic E-state index is 12.9. The first-order chi connectivity index (χ1) is 13.0. The van der Waals surface area contributed by atoms with E-state index < -0.39 is 10.0 Å². The van der Waals surface area contributed by atoms with Crippen LogP contribution in [0.5, 0.6) is 0 Å². The molecule has 0 saturated heterocycles. The molecular weight excluding hydrogens is 356 g/mol. The van der Waals surface area contributed by atoms with Gasteiger partial charge in [0.05, 0.1) is 4.90 Å². The van der Waals surface area contributed by atoms with Gasteiger partial charge in [-0.25, -0.2) is 0 Å². The number of amidine groups is 1. The van der Waals surface area contributed by atoms with Gasteiger partial charge in [-0.3, -0.25) is 0 Å². The Balaban J connectivity index is 2.02. The quantitative estimate of drug-likeness (QED) is 0.486. The molecule has 0 atom stereocenters. The highest BCUT2D eigenvalue weighted by Crippen LogP contribution is 2.18. The number of rotatable bonds is 5. The summed E-state index contributed by atoms with van der Waals surface area (Å²) in [6.45, 7) is 1.92. The van der Waals surface area contributed by atoms with Crippen LogP contribution in [0.2, 0.25) is 0 Å². The van der Waals surface area contributed by atoms with E-state index in [2.05, 4.69) is 4.40 Å². The van der Waals surface area contributed by atoms with Crippen molar-refractivity contribution >= 4 is 21.5 Å². The van der Waals surface area contributed by atoms with Gasteiger partial charge in [-0.15, -0.1) is 4.40 Å². The summed E-state index contributed by atoms with van der Waals surface area (Å²) in [7, 11) is -1.97. The van der Waals surface area contributed by atoms with E-state index in [1.807, 2.05) is 79.5 Å². The van der Waals surface area contributed by atoms with E-state index in [0.29, 0.717) is 12.3 Å². The lowest BCUT2D eigenvalue weighted by atomic mass is 10.1. The zero-order valence-corrected chi connectivity index (χ0v) is 16.2. The predicted molar refractivity (Wildman–Crippen MR) is 111 cm³/mol. The molecule has 0 spiro atoms. The number of hydrogen-bond acceptors (Lipinski definition) is 2. The Morgan fingerprint density at radius 1 is 0.852 bits per heavy atom. The van der Waals surface area contributed by atoms with Gasteiger partial charge in [0, 0.05) is 19.2 Å². The minimum absolute atomic E-state index is 0.195. The fourth-order valence-corrected chi connectivity index (χ4v) is 3.74. The molecule has 3 rings (SSSR count). The zero-order chi connectivity index (χ0) is 19.3. The number of aryl methyl sites for hydroxylation is 1. The van der Waals surface area contributed by atoms with Gasteiger partial charge in [0.2, 0.25) is 0 Å². The number of benzene rings is 3. The summed E-state index contributed by atoms with van der Waals surface area (Å²) < 4.78 is 29.9. The first kappa shape index (κ1) is 18.9. The monoisotopic (exact) mass is 378 g/mol. The Labute approximate surface area is 160 Å². The summed E-state index contributed by atoms with van der Waals surface area (Å²) in [5, 5.41) is 0. The summed E-state index contributed by atoms with van der Waals surface area (Å²) in [4.78, 5) is 2.01. The van der Waals surface area contributed by atoms with Crippen molar-refractivity contribution in [3.8, 4) is 0 Å². The van der Waals surface area contributed by atoms with Crippen LogP contribution in [0.4, 0.5) is 5.69 Å². The molecule has 4 nitrogen and oxygen atoms in total. The summed E-state index contributed by atoms with van der Waals surface area (Å²) in [5.74, 6) is 0.466.